The van der Waals surface area contributed by atoms with E-state index in [4.69, 9.17) is 23.2 Å². The Morgan fingerprint density at radius 1 is 0.919 bits per heavy atom. The van der Waals surface area contributed by atoms with Crippen molar-refractivity contribution < 1.29 is 18.0 Å². The molecule has 0 radical (unpaired) electrons. The number of carbonyl (C=O) groups is 2. The number of carbonyl (C=O) groups excluding carboxylic acids is 2. The molecular weight excluding hydrogens is 533 g/mol. The summed E-state index contributed by atoms with van der Waals surface area (Å²) in [5, 5.41) is 5.05. The smallest absolute Gasteiger partial charge is 0.244 e. The average molecular weight is 565 g/mol. The summed E-state index contributed by atoms with van der Waals surface area (Å²) in [6, 6.07) is 16.7. The maximum atomic E-state index is 13.8. The zero-order chi connectivity index (χ0) is 27.3. The van der Waals surface area contributed by atoms with E-state index < -0.39 is 28.5 Å². The van der Waals surface area contributed by atoms with Gasteiger partial charge >= 0.3 is 0 Å². The Hall–Kier alpha value is -2.81. The van der Waals surface area contributed by atoms with E-state index in [0.29, 0.717) is 33.2 Å². The molecule has 0 fully saturated rings. The summed E-state index contributed by atoms with van der Waals surface area (Å²) >= 11 is 12.8. The fourth-order valence-corrected chi connectivity index (χ4v) is 5.29. The minimum Gasteiger partial charge on any atom is -0.354 e. The molecule has 0 saturated heterocycles. The Morgan fingerprint density at radius 2 is 1.51 bits per heavy atom. The number of nitrogens with zero attached hydrogens (tertiary/aromatic N) is 2. The zero-order valence-electron chi connectivity index (χ0n) is 21.2. The molecule has 2 amide bonds. The highest BCUT2D eigenvalue weighted by Crippen LogP contribution is 2.30. The lowest BCUT2D eigenvalue weighted by molar-refractivity contribution is -0.139. The minimum atomic E-state index is -3.86. The van der Waals surface area contributed by atoms with Crippen LogP contribution in [0.1, 0.15) is 26.3 Å². The third-order valence-corrected chi connectivity index (χ3v) is 7.79. The van der Waals surface area contributed by atoms with Crippen LogP contribution in [-0.4, -0.2) is 50.5 Å². The topological polar surface area (TPSA) is 86.8 Å². The van der Waals surface area contributed by atoms with Crippen molar-refractivity contribution in [1.82, 2.24) is 10.2 Å². The molecular formula is C27H31Cl2N3O4S. The van der Waals surface area contributed by atoms with Crippen LogP contribution in [0.5, 0.6) is 0 Å². The summed E-state index contributed by atoms with van der Waals surface area (Å²) in [5.41, 5.74) is 0.848. The van der Waals surface area contributed by atoms with Crippen LogP contribution in [0.2, 0.25) is 10.0 Å². The van der Waals surface area contributed by atoms with E-state index in [1.165, 1.54) is 4.90 Å². The quantitative estimate of drug-likeness (QED) is 0.371. The Kier molecular flexibility index (Phi) is 9.45. The van der Waals surface area contributed by atoms with Gasteiger partial charge in [-0.2, -0.15) is 0 Å². The van der Waals surface area contributed by atoms with Gasteiger partial charge in [-0.15, -0.1) is 0 Å². The molecule has 1 atom stereocenters. The number of benzene rings is 3. The highest BCUT2D eigenvalue weighted by atomic mass is 35.5. The second-order valence-corrected chi connectivity index (χ2v) is 12.0. The van der Waals surface area contributed by atoms with Crippen molar-refractivity contribution in [2.24, 2.45) is 5.92 Å². The van der Waals surface area contributed by atoms with Crippen LogP contribution in [0.3, 0.4) is 0 Å². The predicted octanol–water partition coefficient (Wildman–Crippen LogP) is 5.10. The lowest BCUT2D eigenvalue weighted by Gasteiger charge is -2.32. The molecule has 0 aliphatic heterocycles. The number of rotatable bonds is 10. The zero-order valence-corrected chi connectivity index (χ0v) is 23.6. The van der Waals surface area contributed by atoms with E-state index in [1.807, 2.05) is 32.0 Å². The van der Waals surface area contributed by atoms with Gasteiger partial charge in [0.15, 0.2) is 0 Å². The van der Waals surface area contributed by atoms with Crippen LogP contribution in [0.25, 0.3) is 10.8 Å². The molecule has 198 valence electrons. The molecule has 7 nitrogen and oxygen atoms in total. The van der Waals surface area contributed by atoms with E-state index in [9.17, 15) is 18.0 Å². The number of amides is 2. The summed E-state index contributed by atoms with van der Waals surface area (Å²) < 4.78 is 26.9. The maximum Gasteiger partial charge on any atom is 0.244 e. The summed E-state index contributed by atoms with van der Waals surface area (Å²) in [6.07, 6.45) is 1.05. The molecule has 3 rings (SSSR count). The molecule has 0 spiro atoms. The molecule has 0 unspecified atom stereocenters. The van der Waals surface area contributed by atoms with Crippen LogP contribution in [-0.2, 0) is 26.2 Å². The SMILES string of the molecule is CC(C)CNC(=O)[C@@H](C)N(Cc1c(Cl)cccc1Cl)C(=O)CN(c1cccc2ccccc12)S(C)(=O)=O. The normalized spacial score (nSPS) is 12.4. The van der Waals surface area contributed by atoms with Crippen molar-refractivity contribution in [2.75, 3.05) is 23.7 Å². The van der Waals surface area contributed by atoms with Gasteiger partial charge in [-0.1, -0.05) is 79.5 Å². The molecule has 0 aliphatic carbocycles. The van der Waals surface area contributed by atoms with Crippen molar-refractivity contribution >= 4 is 61.5 Å². The number of halogens is 2. The van der Waals surface area contributed by atoms with Gasteiger partial charge in [-0.3, -0.25) is 13.9 Å². The number of anilines is 1. The van der Waals surface area contributed by atoms with Crippen LogP contribution < -0.4 is 9.62 Å². The van der Waals surface area contributed by atoms with Gasteiger partial charge < -0.3 is 10.2 Å². The van der Waals surface area contributed by atoms with Crippen LogP contribution in [0.4, 0.5) is 5.69 Å². The number of nitrogens with one attached hydrogen (secondary N) is 1. The molecule has 0 aliphatic rings. The Labute approximate surface area is 228 Å². The van der Waals surface area contributed by atoms with Crippen LogP contribution in [0, 0.1) is 5.92 Å². The third-order valence-electron chi connectivity index (χ3n) is 5.96. The first-order valence-electron chi connectivity index (χ1n) is 11.9. The fourth-order valence-electron chi connectivity index (χ4n) is 3.91. The standard InChI is InChI=1S/C27H31Cl2N3O4S/c1-18(2)15-30-27(34)19(3)31(16-22-23(28)12-8-13-24(22)29)26(33)17-32(37(4,35)36)25-14-7-10-20-9-5-6-11-21(20)25/h5-14,18-19H,15-17H2,1-4H3,(H,30,34)/t19-/m1/s1. The van der Waals surface area contributed by atoms with Crippen molar-refractivity contribution in [3.05, 3.63) is 76.3 Å². The Bertz CT molecular complexity index is 1370. The molecule has 1 N–H and O–H groups in total. The van der Waals surface area contributed by atoms with Crippen molar-refractivity contribution in [3.8, 4) is 0 Å². The first kappa shape index (κ1) is 28.8. The minimum absolute atomic E-state index is 0.0687. The number of fused-ring (bicyclic) bond motifs is 1. The van der Waals surface area contributed by atoms with Gasteiger partial charge in [0.05, 0.1) is 11.9 Å². The van der Waals surface area contributed by atoms with E-state index in [1.54, 1.807) is 49.4 Å². The lowest BCUT2D eigenvalue weighted by Crippen LogP contribution is -2.51. The highest BCUT2D eigenvalue weighted by molar-refractivity contribution is 7.92. The van der Waals surface area contributed by atoms with Crippen LogP contribution in [0.15, 0.2) is 60.7 Å². The lowest BCUT2D eigenvalue weighted by atomic mass is 10.1. The van der Waals surface area contributed by atoms with Crippen molar-refractivity contribution in [1.29, 1.82) is 0 Å². The summed E-state index contributed by atoms with van der Waals surface area (Å²) in [5.74, 6) is -0.715. The molecule has 0 heterocycles. The predicted molar refractivity (Wildman–Crippen MR) is 150 cm³/mol. The Balaban J connectivity index is 2.01. The van der Waals surface area contributed by atoms with Gasteiger partial charge in [-0.25, -0.2) is 8.42 Å². The van der Waals surface area contributed by atoms with Gasteiger partial charge in [0, 0.05) is 34.1 Å². The molecule has 0 saturated carbocycles. The second kappa shape index (κ2) is 12.2. The summed E-state index contributed by atoms with van der Waals surface area (Å²) in [4.78, 5) is 28.1. The maximum absolute atomic E-state index is 13.8. The van der Waals surface area contributed by atoms with Gasteiger partial charge in [0.1, 0.15) is 12.6 Å². The van der Waals surface area contributed by atoms with E-state index in [0.717, 1.165) is 15.9 Å². The number of hydrogen-bond donors (Lipinski definition) is 1. The number of sulfonamides is 1. The second-order valence-electron chi connectivity index (χ2n) is 9.30. The Morgan fingerprint density at radius 3 is 2.14 bits per heavy atom. The summed E-state index contributed by atoms with van der Waals surface area (Å²) in [6.45, 7) is 5.39. The molecule has 10 heteroatoms. The van der Waals surface area contributed by atoms with Crippen molar-refractivity contribution in [2.45, 2.75) is 33.4 Å². The van der Waals surface area contributed by atoms with Crippen molar-refractivity contribution in [3.63, 3.8) is 0 Å². The average Bonchev–Trinajstić information content (AvgIpc) is 2.84. The van der Waals surface area contributed by atoms with E-state index >= 15 is 0 Å². The van der Waals surface area contributed by atoms with Crippen LogP contribution >= 0.6 is 23.2 Å². The molecule has 37 heavy (non-hydrogen) atoms. The highest BCUT2D eigenvalue weighted by Gasteiger charge is 2.31. The van der Waals surface area contributed by atoms with Gasteiger partial charge in [0.2, 0.25) is 21.8 Å². The monoisotopic (exact) mass is 563 g/mol. The molecule has 3 aromatic carbocycles. The van der Waals surface area contributed by atoms with E-state index in [2.05, 4.69) is 5.32 Å². The number of hydrogen-bond acceptors (Lipinski definition) is 4. The summed E-state index contributed by atoms with van der Waals surface area (Å²) in [7, 11) is -3.86. The third kappa shape index (κ3) is 7.15. The molecule has 0 bridgehead atoms. The van der Waals surface area contributed by atoms with Gasteiger partial charge in [0.25, 0.3) is 0 Å². The first-order chi connectivity index (χ1) is 17.4. The molecule has 0 aromatic heterocycles. The molecule has 3 aromatic rings. The first-order valence-corrected chi connectivity index (χ1v) is 14.5. The van der Waals surface area contributed by atoms with Gasteiger partial charge in [-0.05, 0) is 36.4 Å². The fraction of sp³-hybridized carbons (Fsp3) is 0.333. The van der Waals surface area contributed by atoms with E-state index in [-0.39, 0.29) is 18.4 Å². The largest absolute Gasteiger partial charge is 0.354 e.